The molecule has 4 heteroatoms. The zero-order valence-electron chi connectivity index (χ0n) is 15.3. The minimum atomic E-state index is -0.734. The van der Waals surface area contributed by atoms with Gasteiger partial charge in [0.05, 0.1) is 0 Å². The van der Waals surface area contributed by atoms with Crippen LogP contribution in [0.1, 0.15) is 29.5 Å². The fourth-order valence-electron chi connectivity index (χ4n) is 3.04. The lowest BCUT2D eigenvalue weighted by Crippen LogP contribution is -2.12. The highest BCUT2D eigenvalue weighted by atomic mass is 16.4. The van der Waals surface area contributed by atoms with Crippen LogP contribution in [-0.2, 0) is 24.3 Å². The first-order chi connectivity index (χ1) is 13.2. The van der Waals surface area contributed by atoms with Gasteiger partial charge in [-0.3, -0.25) is 9.78 Å². The van der Waals surface area contributed by atoms with Crippen LogP contribution in [0, 0.1) is 0 Å². The topological polar surface area (TPSA) is 62.2 Å². The molecule has 0 spiro atoms. The monoisotopic (exact) mass is 360 g/mol. The van der Waals surface area contributed by atoms with Gasteiger partial charge in [0.2, 0.25) is 0 Å². The van der Waals surface area contributed by atoms with Crippen molar-refractivity contribution in [3.8, 4) is 11.1 Å². The number of hydrogen-bond donors (Lipinski definition) is 2. The van der Waals surface area contributed by atoms with Crippen LogP contribution in [0.5, 0.6) is 0 Å². The number of carbonyl (C=O) groups is 1. The highest BCUT2D eigenvalue weighted by Gasteiger charge is 2.01. The predicted octanol–water partition coefficient (Wildman–Crippen LogP) is 4.45. The first-order valence-electron chi connectivity index (χ1n) is 9.20. The lowest BCUT2D eigenvalue weighted by atomic mass is 10.0. The van der Waals surface area contributed by atoms with Gasteiger partial charge in [-0.15, -0.1) is 0 Å². The normalized spacial score (nSPS) is 10.7. The summed E-state index contributed by atoms with van der Waals surface area (Å²) < 4.78 is 0. The van der Waals surface area contributed by atoms with E-state index in [-0.39, 0.29) is 6.42 Å². The van der Waals surface area contributed by atoms with Gasteiger partial charge in [0, 0.05) is 31.9 Å². The summed E-state index contributed by atoms with van der Waals surface area (Å²) in [5.74, 6) is -0.734. The van der Waals surface area contributed by atoms with Gasteiger partial charge in [0.15, 0.2) is 0 Å². The molecular weight excluding hydrogens is 336 g/mol. The van der Waals surface area contributed by atoms with Crippen molar-refractivity contribution in [3.05, 3.63) is 89.7 Å². The van der Waals surface area contributed by atoms with Crippen molar-refractivity contribution < 1.29 is 9.90 Å². The second kappa shape index (κ2) is 9.64. The lowest BCUT2D eigenvalue weighted by Gasteiger charge is -2.08. The molecule has 0 saturated carbocycles. The highest BCUT2D eigenvalue weighted by molar-refractivity contribution is 5.66. The number of carboxylic acids is 1. The summed E-state index contributed by atoms with van der Waals surface area (Å²) in [6, 6.07) is 20.9. The second-order valence-electron chi connectivity index (χ2n) is 6.61. The van der Waals surface area contributed by atoms with Crippen molar-refractivity contribution in [2.24, 2.45) is 0 Å². The third-order valence-corrected chi connectivity index (χ3v) is 4.45. The molecule has 0 bridgehead atoms. The molecule has 0 aliphatic rings. The number of nitrogens with zero attached hydrogens (tertiary/aromatic N) is 1. The number of rotatable bonds is 9. The van der Waals surface area contributed by atoms with Gasteiger partial charge in [-0.25, -0.2) is 0 Å². The van der Waals surface area contributed by atoms with Gasteiger partial charge in [-0.05, 0) is 46.7 Å². The molecule has 1 heterocycles. The lowest BCUT2D eigenvalue weighted by molar-refractivity contribution is -0.137. The molecule has 2 N–H and O–H groups in total. The third kappa shape index (κ3) is 6.04. The summed E-state index contributed by atoms with van der Waals surface area (Å²) in [7, 11) is 0. The Morgan fingerprint density at radius 3 is 2.41 bits per heavy atom. The molecule has 0 saturated heterocycles. The Kier molecular flexibility index (Phi) is 6.72. The Labute approximate surface area is 159 Å². The predicted molar refractivity (Wildman–Crippen MR) is 107 cm³/mol. The van der Waals surface area contributed by atoms with E-state index in [2.05, 4.69) is 58.8 Å². The minimum Gasteiger partial charge on any atom is -0.481 e. The summed E-state index contributed by atoms with van der Waals surface area (Å²) in [5.41, 5.74) is 5.93. The van der Waals surface area contributed by atoms with E-state index in [0.29, 0.717) is 6.42 Å². The van der Waals surface area contributed by atoms with Crippen molar-refractivity contribution >= 4 is 5.97 Å². The van der Waals surface area contributed by atoms with E-state index in [9.17, 15) is 4.79 Å². The SMILES string of the molecule is O=C(O)CCCc1cccc(CNCc2ccc(-c3cccnc3)cc2)c1. The number of carboxylic acid groups (broad SMARTS) is 1. The van der Waals surface area contributed by atoms with Crippen molar-refractivity contribution in [1.29, 1.82) is 0 Å². The Hall–Kier alpha value is -2.98. The maximum Gasteiger partial charge on any atom is 0.303 e. The fraction of sp³-hybridized carbons (Fsp3) is 0.217. The third-order valence-electron chi connectivity index (χ3n) is 4.45. The summed E-state index contributed by atoms with van der Waals surface area (Å²) in [5, 5.41) is 12.2. The number of pyridine rings is 1. The molecule has 0 aliphatic carbocycles. The molecule has 0 radical (unpaired) electrons. The van der Waals surface area contributed by atoms with E-state index in [4.69, 9.17) is 5.11 Å². The molecule has 138 valence electrons. The van der Waals surface area contributed by atoms with Crippen molar-refractivity contribution in [2.75, 3.05) is 0 Å². The van der Waals surface area contributed by atoms with Crippen LogP contribution < -0.4 is 5.32 Å². The number of aryl methyl sites for hydroxylation is 1. The average Bonchev–Trinajstić information content (AvgIpc) is 2.69. The molecule has 0 atom stereocenters. The van der Waals surface area contributed by atoms with Crippen LogP contribution in [0.3, 0.4) is 0 Å². The smallest absolute Gasteiger partial charge is 0.303 e. The Balaban J connectivity index is 1.49. The van der Waals surface area contributed by atoms with Gasteiger partial charge in [0.25, 0.3) is 0 Å². The first kappa shape index (κ1) is 18.8. The molecule has 0 aliphatic heterocycles. The van der Waals surface area contributed by atoms with E-state index in [1.165, 1.54) is 22.3 Å². The largest absolute Gasteiger partial charge is 0.481 e. The van der Waals surface area contributed by atoms with Crippen LogP contribution in [0.15, 0.2) is 73.1 Å². The van der Waals surface area contributed by atoms with Gasteiger partial charge in [-0.2, -0.15) is 0 Å². The fourth-order valence-corrected chi connectivity index (χ4v) is 3.04. The van der Waals surface area contributed by atoms with Crippen LogP contribution >= 0.6 is 0 Å². The summed E-state index contributed by atoms with van der Waals surface area (Å²) >= 11 is 0. The number of aliphatic carboxylic acids is 1. The molecule has 0 fully saturated rings. The molecule has 4 nitrogen and oxygen atoms in total. The number of hydrogen-bond acceptors (Lipinski definition) is 3. The molecule has 0 unspecified atom stereocenters. The molecular formula is C23H24N2O2. The van der Waals surface area contributed by atoms with E-state index in [1.807, 2.05) is 18.3 Å². The average molecular weight is 360 g/mol. The Morgan fingerprint density at radius 1 is 0.889 bits per heavy atom. The minimum absolute atomic E-state index is 0.220. The Bertz CT molecular complexity index is 861. The summed E-state index contributed by atoms with van der Waals surface area (Å²) in [6.45, 7) is 1.59. The van der Waals surface area contributed by atoms with Crippen LogP contribution in [0.4, 0.5) is 0 Å². The second-order valence-corrected chi connectivity index (χ2v) is 6.61. The van der Waals surface area contributed by atoms with Gasteiger partial charge < -0.3 is 10.4 Å². The highest BCUT2D eigenvalue weighted by Crippen LogP contribution is 2.18. The van der Waals surface area contributed by atoms with Crippen molar-refractivity contribution in [3.63, 3.8) is 0 Å². The van der Waals surface area contributed by atoms with Gasteiger partial charge in [-0.1, -0.05) is 54.6 Å². The Morgan fingerprint density at radius 2 is 1.67 bits per heavy atom. The molecule has 1 aromatic heterocycles. The quantitative estimate of drug-likeness (QED) is 0.592. The zero-order chi connectivity index (χ0) is 18.9. The van der Waals surface area contributed by atoms with E-state index < -0.39 is 5.97 Å². The summed E-state index contributed by atoms with van der Waals surface area (Å²) in [4.78, 5) is 14.8. The number of benzene rings is 2. The standard InChI is InChI=1S/C23H24N2O2/c26-23(27)8-2-5-18-4-1-6-20(14-18)16-25-15-19-9-11-21(12-10-19)22-7-3-13-24-17-22/h1,3-4,6-7,9-14,17,25H,2,5,8,15-16H2,(H,26,27). The van der Waals surface area contributed by atoms with Gasteiger partial charge in [0.1, 0.15) is 0 Å². The molecule has 0 amide bonds. The van der Waals surface area contributed by atoms with Crippen LogP contribution in [0.2, 0.25) is 0 Å². The summed E-state index contributed by atoms with van der Waals surface area (Å²) in [6.07, 6.45) is 5.35. The maximum absolute atomic E-state index is 10.6. The van der Waals surface area contributed by atoms with Crippen molar-refractivity contribution in [1.82, 2.24) is 10.3 Å². The van der Waals surface area contributed by atoms with Gasteiger partial charge >= 0.3 is 5.97 Å². The van der Waals surface area contributed by atoms with E-state index in [0.717, 1.165) is 25.1 Å². The van der Waals surface area contributed by atoms with E-state index in [1.54, 1.807) is 6.20 Å². The molecule has 2 aromatic carbocycles. The van der Waals surface area contributed by atoms with Crippen LogP contribution in [0.25, 0.3) is 11.1 Å². The van der Waals surface area contributed by atoms with Crippen LogP contribution in [-0.4, -0.2) is 16.1 Å². The molecule has 3 aromatic rings. The number of aromatic nitrogens is 1. The zero-order valence-corrected chi connectivity index (χ0v) is 15.3. The van der Waals surface area contributed by atoms with Crippen molar-refractivity contribution in [2.45, 2.75) is 32.4 Å². The van der Waals surface area contributed by atoms with E-state index >= 15 is 0 Å². The molecule has 27 heavy (non-hydrogen) atoms. The molecule has 3 rings (SSSR count). The first-order valence-corrected chi connectivity index (χ1v) is 9.20. The maximum atomic E-state index is 10.6. The number of nitrogens with one attached hydrogen (secondary N) is 1.